The van der Waals surface area contributed by atoms with Crippen molar-refractivity contribution in [1.29, 1.82) is 0 Å². The molecule has 0 saturated heterocycles. The number of pyridine rings is 1. The van der Waals surface area contributed by atoms with E-state index in [1.807, 2.05) is 34.6 Å². The van der Waals surface area contributed by atoms with Gasteiger partial charge in [-0.1, -0.05) is 27.2 Å². The molecular formula is C31H46F3N7O4Si. The molecule has 15 heteroatoms. The molecule has 46 heavy (non-hydrogen) atoms. The maximum Gasteiger partial charge on any atom is 0.413 e. The van der Waals surface area contributed by atoms with E-state index in [2.05, 4.69) is 20.4 Å². The summed E-state index contributed by atoms with van der Waals surface area (Å²) in [5.74, 6) is 0.757. The molecule has 3 atom stereocenters. The van der Waals surface area contributed by atoms with Gasteiger partial charge in [-0.3, -0.25) is 4.98 Å². The average molecular weight is 666 g/mol. The van der Waals surface area contributed by atoms with E-state index in [0.29, 0.717) is 73.1 Å². The van der Waals surface area contributed by atoms with E-state index in [1.165, 1.54) is 13.4 Å². The molecule has 1 unspecified atom stereocenters. The first kappa shape index (κ1) is 35.4. The van der Waals surface area contributed by atoms with Crippen molar-refractivity contribution < 1.29 is 31.9 Å². The number of hydrogen-bond acceptors (Lipinski definition) is 8. The molecule has 1 N–H and O–H groups in total. The quantitative estimate of drug-likeness (QED) is 0.281. The van der Waals surface area contributed by atoms with Crippen molar-refractivity contribution >= 4 is 20.0 Å². The number of amides is 2. The summed E-state index contributed by atoms with van der Waals surface area (Å²) >= 11 is 0. The van der Waals surface area contributed by atoms with Gasteiger partial charge in [-0.05, 0) is 57.3 Å². The van der Waals surface area contributed by atoms with Gasteiger partial charge in [0.2, 0.25) is 5.65 Å². The number of fused-ring (bicyclic) bond motifs is 7. The SMILES string of the molecule is CCN1C(=O)N[C@@H](CC(O[Si](C)(C)C(C)(C)C)C(F)(F)F)CCCCCOc2nc(cn3ncnc23)-c2cc(ncc2OC)[C@H]1C. The van der Waals surface area contributed by atoms with E-state index in [9.17, 15) is 18.0 Å². The van der Waals surface area contributed by atoms with Gasteiger partial charge in [-0.2, -0.15) is 18.3 Å². The van der Waals surface area contributed by atoms with Gasteiger partial charge in [0.25, 0.3) is 5.88 Å². The summed E-state index contributed by atoms with van der Waals surface area (Å²) in [4.78, 5) is 28.9. The van der Waals surface area contributed by atoms with Crippen LogP contribution in [0.5, 0.6) is 11.6 Å². The molecule has 0 saturated carbocycles. The standard InChI is InChI=1S/C31H46F3N7O4Si/c1-9-40-20(2)23-16-22(25(43-6)17-35-23)24-18-41-27(36-19-37-41)28(39-24)44-14-12-10-11-13-21(38-29(40)42)15-26(31(32,33)34)45-46(7,8)30(3,4)5/h16-21,26H,9-15H2,1-8H3,(H,38,42)/t20-,21-,26?/m1/s1. The summed E-state index contributed by atoms with van der Waals surface area (Å²) in [7, 11) is -1.24. The lowest BCUT2D eigenvalue weighted by Gasteiger charge is -2.40. The van der Waals surface area contributed by atoms with Crippen molar-refractivity contribution in [3.8, 4) is 22.9 Å². The predicted molar refractivity (Wildman–Crippen MR) is 170 cm³/mol. The van der Waals surface area contributed by atoms with Crippen LogP contribution in [0.4, 0.5) is 18.0 Å². The molecule has 0 spiro atoms. The zero-order valence-electron chi connectivity index (χ0n) is 27.9. The van der Waals surface area contributed by atoms with Crippen molar-refractivity contribution in [2.45, 2.75) is 109 Å². The first-order valence-electron chi connectivity index (χ1n) is 15.7. The molecular weight excluding hydrogens is 619 g/mol. The fourth-order valence-corrected chi connectivity index (χ4v) is 6.51. The fraction of sp³-hybridized carbons (Fsp3) is 0.645. The van der Waals surface area contributed by atoms with Crippen LogP contribution in [0.15, 0.2) is 24.8 Å². The van der Waals surface area contributed by atoms with Crippen LogP contribution < -0.4 is 14.8 Å². The largest absolute Gasteiger partial charge is 0.494 e. The second-order valence-electron chi connectivity index (χ2n) is 13.2. The van der Waals surface area contributed by atoms with Gasteiger partial charge in [-0.25, -0.2) is 19.3 Å². The zero-order valence-corrected chi connectivity index (χ0v) is 28.9. The summed E-state index contributed by atoms with van der Waals surface area (Å²) in [6.07, 6.45) is -0.0662. The Morgan fingerprint density at radius 3 is 2.57 bits per heavy atom. The minimum Gasteiger partial charge on any atom is -0.494 e. The van der Waals surface area contributed by atoms with Gasteiger partial charge in [0.05, 0.1) is 43.5 Å². The lowest BCUT2D eigenvalue weighted by Crippen LogP contribution is -2.52. The predicted octanol–water partition coefficient (Wildman–Crippen LogP) is 6.95. The molecule has 2 amide bonds. The molecule has 1 aliphatic rings. The van der Waals surface area contributed by atoms with E-state index in [-0.39, 0.29) is 6.42 Å². The Hall–Kier alpha value is -3.46. The van der Waals surface area contributed by atoms with E-state index < -0.39 is 43.8 Å². The summed E-state index contributed by atoms with van der Waals surface area (Å²) in [5, 5.41) is 6.79. The number of nitrogens with one attached hydrogen (secondary N) is 1. The van der Waals surface area contributed by atoms with Gasteiger partial charge in [-0.15, -0.1) is 0 Å². The number of hydrogen-bond donors (Lipinski definition) is 1. The summed E-state index contributed by atoms with van der Waals surface area (Å²) < 4.78 is 62.5. The van der Waals surface area contributed by atoms with Crippen molar-refractivity contribution in [2.75, 3.05) is 20.3 Å². The number of ether oxygens (including phenoxy) is 2. The van der Waals surface area contributed by atoms with Gasteiger partial charge in [0, 0.05) is 24.6 Å². The van der Waals surface area contributed by atoms with Gasteiger partial charge >= 0.3 is 12.2 Å². The minimum absolute atomic E-state index is 0.299. The molecule has 4 rings (SSSR count). The van der Waals surface area contributed by atoms with Crippen molar-refractivity contribution in [3.63, 3.8) is 0 Å². The molecule has 0 fully saturated rings. The van der Waals surface area contributed by atoms with E-state index in [1.54, 1.807) is 41.0 Å². The van der Waals surface area contributed by atoms with Crippen LogP contribution in [-0.2, 0) is 4.43 Å². The highest BCUT2D eigenvalue weighted by Gasteiger charge is 2.48. The number of carbonyl (C=O) groups is 1. The number of nitrogens with zero attached hydrogens (tertiary/aromatic N) is 6. The number of halogens is 3. The van der Waals surface area contributed by atoms with Crippen molar-refractivity contribution in [3.05, 3.63) is 30.5 Å². The highest BCUT2D eigenvalue weighted by molar-refractivity contribution is 6.74. The monoisotopic (exact) mass is 665 g/mol. The molecule has 4 heterocycles. The summed E-state index contributed by atoms with van der Waals surface area (Å²) in [6.45, 7) is 13.6. The Labute approximate surface area is 269 Å². The number of rotatable bonds is 6. The van der Waals surface area contributed by atoms with Crippen LogP contribution >= 0.6 is 0 Å². The fourth-order valence-electron chi connectivity index (χ4n) is 5.22. The smallest absolute Gasteiger partial charge is 0.413 e. The van der Waals surface area contributed by atoms with Crippen LogP contribution in [-0.4, -0.2) is 82.4 Å². The maximum absolute atomic E-state index is 14.4. The number of urea groups is 1. The van der Waals surface area contributed by atoms with E-state index in [4.69, 9.17) is 18.9 Å². The van der Waals surface area contributed by atoms with Crippen LogP contribution in [0.1, 0.15) is 78.5 Å². The molecule has 3 aromatic rings. The highest BCUT2D eigenvalue weighted by Crippen LogP contribution is 2.41. The Morgan fingerprint density at radius 2 is 1.91 bits per heavy atom. The average Bonchev–Trinajstić information content (AvgIpc) is 3.45. The molecule has 4 bridgehead atoms. The van der Waals surface area contributed by atoms with Crippen LogP contribution in [0.25, 0.3) is 16.9 Å². The lowest BCUT2D eigenvalue weighted by molar-refractivity contribution is -0.201. The van der Waals surface area contributed by atoms with Crippen molar-refractivity contribution in [2.24, 2.45) is 0 Å². The molecule has 3 aromatic heterocycles. The number of alkyl halides is 3. The van der Waals surface area contributed by atoms with E-state index in [0.717, 1.165) is 0 Å². The Morgan fingerprint density at radius 1 is 1.17 bits per heavy atom. The maximum atomic E-state index is 14.4. The Kier molecular flexibility index (Phi) is 10.9. The molecule has 11 nitrogen and oxygen atoms in total. The first-order chi connectivity index (χ1) is 21.6. The minimum atomic E-state index is -4.59. The topological polar surface area (TPSA) is 116 Å². The molecule has 1 aliphatic heterocycles. The third kappa shape index (κ3) is 8.08. The summed E-state index contributed by atoms with van der Waals surface area (Å²) in [6, 6.07) is 0.0213. The van der Waals surface area contributed by atoms with Crippen LogP contribution in [0.2, 0.25) is 18.1 Å². The molecule has 254 valence electrons. The molecule has 0 radical (unpaired) electrons. The first-order valence-corrected chi connectivity index (χ1v) is 18.7. The Bertz CT molecular complexity index is 1500. The third-order valence-electron chi connectivity index (χ3n) is 8.98. The summed E-state index contributed by atoms with van der Waals surface area (Å²) in [5.41, 5.74) is 2.12. The highest BCUT2D eigenvalue weighted by atomic mass is 28.4. The van der Waals surface area contributed by atoms with Gasteiger partial charge in [0.15, 0.2) is 8.32 Å². The van der Waals surface area contributed by atoms with Crippen molar-refractivity contribution in [1.82, 2.24) is 34.8 Å². The van der Waals surface area contributed by atoms with Gasteiger partial charge in [0.1, 0.15) is 18.2 Å². The van der Waals surface area contributed by atoms with Gasteiger partial charge < -0.3 is 24.1 Å². The number of methoxy groups -OCH3 is 1. The number of carbonyl (C=O) groups excluding carboxylic acids is 1. The normalized spacial score (nSPS) is 19.7. The van der Waals surface area contributed by atoms with Crippen LogP contribution in [0, 0.1) is 0 Å². The van der Waals surface area contributed by atoms with E-state index >= 15 is 0 Å². The second-order valence-corrected chi connectivity index (χ2v) is 18.0. The van der Waals surface area contributed by atoms with Crippen LogP contribution in [0.3, 0.4) is 0 Å². The zero-order chi connectivity index (χ0) is 33.9. The molecule has 0 aliphatic carbocycles. The lowest BCUT2D eigenvalue weighted by atomic mass is 10.0. The Balaban J connectivity index is 1.70. The third-order valence-corrected chi connectivity index (χ3v) is 13.5. The molecule has 0 aromatic carbocycles. The second kappa shape index (κ2) is 14.1. The number of aromatic nitrogens is 5.